The van der Waals surface area contributed by atoms with Crippen LogP contribution in [0, 0.1) is 0 Å². The first-order valence-electron chi connectivity index (χ1n) is 7.93. The third kappa shape index (κ3) is 3.93. The summed E-state index contributed by atoms with van der Waals surface area (Å²) in [7, 11) is 2.03. The zero-order valence-electron chi connectivity index (χ0n) is 12.5. The minimum atomic E-state index is 0.356. The third-order valence-corrected chi connectivity index (χ3v) is 4.77. The number of likely N-dealkylation sites (tertiary alicyclic amines) is 2. The van der Waals surface area contributed by atoms with Gasteiger partial charge in [-0.15, -0.1) is 0 Å². The molecule has 2 fully saturated rings. The van der Waals surface area contributed by atoms with Crippen molar-refractivity contribution in [3.8, 4) is 0 Å². The van der Waals surface area contributed by atoms with E-state index in [9.17, 15) is 4.79 Å². The molecule has 0 radical (unpaired) electrons. The molecule has 0 aliphatic carbocycles. The van der Waals surface area contributed by atoms with Crippen molar-refractivity contribution in [2.24, 2.45) is 0 Å². The number of hydrogen-bond donors (Lipinski definition) is 1. The molecule has 4 nitrogen and oxygen atoms in total. The normalized spacial score (nSPS) is 26.6. The van der Waals surface area contributed by atoms with E-state index in [2.05, 4.69) is 22.0 Å². The van der Waals surface area contributed by atoms with Gasteiger partial charge in [-0.1, -0.05) is 6.92 Å². The fraction of sp³-hybridized carbons (Fsp3) is 0.933. The number of nitrogens with one attached hydrogen (secondary N) is 1. The Balaban J connectivity index is 1.80. The molecule has 2 aliphatic rings. The van der Waals surface area contributed by atoms with Crippen molar-refractivity contribution in [3.63, 3.8) is 0 Å². The Bertz CT molecular complexity index is 287. The van der Waals surface area contributed by atoms with Gasteiger partial charge in [0.15, 0.2) is 0 Å². The molecule has 4 heteroatoms. The number of rotatable bonds is 4. The van der Waals surface area contributed by atoms with Crippen molar-refractivity contribution in [1.82, 2.24) is 15.1 Å². The minimum Gasteiger partial charge on any atom is -0.339 e. The maximum absolute atomic E-state index is 12.5. The molecule has 2 aliphatic heterocycles. The van der Waals surface area contributed by atoms with Gasteiger partial charge in [-0.2, -0.15) is 0 Å². The Hall–Kier alpha value is -0.610. The van der Waals surface area contributed by atoms with Crippen LogP contribution in [0.3, 0.4) is 0 Å². The minimum absolute atomic E-state index is 0.356. The highest BCUT2D eigenvalue weighted by atomic mass is 16.2. The van der Waals surface area contributed by atoms with Crippen molar-refractivity contribution in [2.45, 2.75) is 57.5 Å². The third-order valence-electron chi connectivity index (χ3n) is 4.77. The van der Waals surface area contributed by atoms with E-state index < -0.39 is 0 Å². The van der Waals surface area contributed by atoms with Crippen molar-refractivity contribution in [1.29, 1.82) is 0 Å². The van der Waals surface area contributed by atoms with E-state index in [0.717, 1.165) is 26.1 Å². The molecule has 0 saturated carbocycles. The summed E-state index contributed by atoms with van der Waals surface area (Å²) in [4.78, 5) is 16.9. The predicted molar refractivity (Wildman–Crippen MR) is 78.2 cm³/mol. The Morgan fingerprint density at radius 3 is 2.53 bits per heavy atom. The van der Waals surface area contributed by atoms with Gasteiger partial charge in [-0.3, -0.25) is 9.69 Å². The van der Waals surface area contributed by atoms with Crippen molar-refractivity contribution >= 4 is 5.91 Å². The molecule has 0 aromatic carbocycles. The molecular formula is C15H29N3O. The highest BCUT2D eigenvalue weighted by Gasteiger charge is 2.27. The standard InChI is InChI=1S/C15H29N3O/c1-3-14-6-4-5-9-18(14)15(19)12-17-10-7-13(16-2)8-11-17/h13-14,16H,3-12H2,1-2H3. The summed E-state index contributed by atoms with van der Waals surface area (Å²) in [5.41, 5.74) is 0. The number of hydrogen-bond acceptors (Lipinski definition) is 3. The van der Waals surface area contributed by atoms with Crippen LogP contribution in [0.25, 0.3) is 0 Å². The van der Waals surface area contributed by atoms with Crippen LogP contribution >= 0.6 is 0 Å². The van der Waals surface area contributed by atoms with Gasteiger partial charge >= 0.3 is 0 Å². The van der Waals surface area contributed by atoms with Crippen LogP contribution < -0.4 is 5.32 Å². The van der Waals surface area contributed by atoms with E-state index in [0.29, 0.717) is 24.5 Å². The fourth-order valence-corrected chi connectivity index (χ4v) is 3.42. The van der Waals surface area contributed by atoms with Gasteiger partial charge in [-0.05, 0) is 45.6 Å². The first-order valence-corrected chi connectivity index (χ1v) is 7.93. The number of carbonyl (C=O) groups is 1. The topological polar surface area (TPSA) is 35.6 Å². The van der Waals surface area contributed by atoms with E-state index in [4.69, 9.17) is 0 Å². The maximum atomic E-state index is 12.5. The molecule has 2 rings (SSSR count). The average Bonchev–Trinajstić information content (AvgIpc) is 2.48. The molecular weight excluding hydrogens is 238 g/mol. The van der Waals surface area contributed by atoms with Gasteiger partial charge in [-0.25, -0.2) is 0 Å². The Morgan fingerprint density at radius 2 is 1.89 bits per heavy atom. The molecule has 1 unspecified atom stereocenters. The Labute approximate surface area is 117 Å². The van der Waals surface area contributed by atoms with Crippen LogP contribution in [0.1, 0.15) is 45.4 Å². The van der Waals surface area contributed by atoms with E-state index >= 15 is 0 Å². The van der Waals surface area contributed by atoms with Crippen LogP contribution in [0.2, 0.25) is 0 Å². The SMILES string of the molecule is CCC1CCCCN1C(=O)CN1CCC(NC)CC1. The lowest BCUT2D eigenvalue weighted by Gasteiger charge is -2.38. The summed E-state index contributed by atoms with van der Waals surface area (Å²) in [6, 6.07) is 1.14. The average molecular weight is 267 g/mol. The van der Waals surface area contributed by atoms with Gasteiger partial charge in [0, 0.05) is 31.7 Å². The lowest BCUT2D eigenvalue weighted by atomic mass is 9.99. The molecule has 110 valence electrons. The molecule has 2 saturated heterocycles. The fourth-order valence-electron chi connectivity index (χ4n) is 3.42. The van der Waals surface area contributed by atoms with E-state index in [1.54, 1.807) is 0 Å². The molecule has 2 heterocycles. The van der Waals surface area contributed by atoms with Crippen LogP contribution in [0.15, 0.2) is 0 Å². The van der Waals surface area contributed by atoms with E-state index in [-0.39, 0.29) is 0 Å². The summed E-state index contributed by atoms with van der Waals surface area (Å²) >= 11 is 0. The second kappa shape index (κ2) is 7.25. The smallest absolute Gasteiger partial charge is 0.236 e. The van der Waals surface area contributed by atoms with Gasteiger partial charge in [0.2, 0.25) is 5.91 Å². The monoisotopic (exact) mass is 267 g/mol. The van der Waals surface area contributed by atoms with Crippen LogP contribution in [0.4, 0.5) is 0 Å². The predicted octanol–water partition coefficient (Wildman–Crippen LogP) is 1.46. The van der Waals surface area contributed by atoms with Gasteiger partial charge < -0.3 is 10.2 Å². The molecule has 1 atom stereocenters. The van der Waals surface area contributed by atoms with Gasteiger partial charge in [0.05, 0.1) is 6.54 Å². The van der Waals surface area contributed by atoms with E-state index in [1.165, 1.54) is 32.1 Å². The molecule has 0 aromatic rings. The number of carbonyl (C=O) groups excluding carboxylic acids is 1. The zero-order chi connectivity index (χ0) is 13.7. The zero-order valence-corrected chi connectivity index (χ0v) is 12.5. The van der Waals surface area contributed by atoms with Crippen molar-refractivity contribution < 1.29 is 4.79 Å². The van der Waals surface area contributed by atoms with Crippen LogP contribution in [-0.4, -0.2) is 61.0 Å². The highest BCUT2D eigenvalue weighted by molar-refractivity contribution is 5.78. The maximum Gasteiger partial charge on any atom is 0.236 e. The van der Waals surface area contributed by atoms with Crippen LogP contribution in [-0.2, 0) is 4.79 Å². The second-order valence-electron chi connectivity index (χ2n) is 5.98. The number of amides is 1. The molecule has 1 N–H and O–H groups in total. The molecule has 0 aromatic heterocycles. The first kappa shape index (κ1) is 14.8. The Kier molecular flexibility index (Phi) is 5.64. The lowest BCUT2D eigenvalue weighted by molar-refractivity contribution is -0.136. The van der Waals surface area contributed by atoms with Crippen molar-refractivity contribution in [2.75, 3.05) is 33.2 Å². The quantitative estimate of drug-likeness (QED) is 0.837. The summed E-state index contributed by atoms with van der Waals surface area (Å²) in [5.74, 6) is 0.356. The lowest BCUT2D eigenvalue weighted by Crippen LogP contribution is -2.50. The summed E-state index contributed by atoms with van der Waals surface area (Å²) in [6.07, 6.45) is 7.11. The van der Waals surface area contributed by atoms with Gasteiger partial charge in [0.25, 0.3) is 0 Å². The van der Waals surface area contributed by atoms with E-state index in [1.807, 2.05) is 7.05 Å². The Morgan fingerprint density at radius 1 is 1.16 bits per heavy atom. The first-order chi connectivity index (χ1) is 9.24. The van der Waals surface area contributed by atoms with Crippen LogP contribution in [0.5, 0.6) is 0 Å². The summed E-state index contributed by atoms with van der Waals surface area (Å²) < 4.78 is 0. The molecule has 19 heavy (non-hydrogen) atoms. The van der Waals surface area contributed by atoms with Gasteiger partial charge in [0.1, 0.15) is 0 Å². The van der Waals surface area contributed by atoms with Crippen molar-refractivity contribution in [3.05, 3.63) is 0 Å². The largest absolute Gasteiger partial charge is 0.339 e. The highest BCUT2D eigenvalue weighted by Crippen LogP contribution is 2.20. The summed E-state index contributed by atoms with van der Waals surface area (Å²) in [6.45, 7) is 5.93. The number of piperidine rings is 2. The molecule has 0 spiro atoms. The molecule has 1 amide bonds. The number of nitrogens with zero attached hydrogens (tertiary/aromatic N) is 2. The second-order valence-corrected chi connectivity index (χ2v) is 5.98. The molecule has 0 bridgehead atoms. The summed E-state index contributed by atoms with van der Waals surface area (Å²) in [5, 5.41) is 3.34.